The first kappa shape index (κ1) is 17.4. The zero-order chi connectivity index (χ0) is 16.8. The maximum absolute atomic E-state index is 12.2. The van der Waals surface area contributed by atoms with Crippen molar-refractivity contribution in [3.05, 3.63) is 35.9 Å². The van der Waals surface area contributed by atoms with E-state index in [2.05, 4.69) is 10.2 Å². The topological polar surface area (TPSA) is 52.6 Å². The summed E-state index contributed by atoms with van der Waals surface area (Å²) in [5.74, 6) is 0.859. The molecule has 0 radical (unpaired) electrons. The summed E-state index contributed by atoms with van der Waals surface area (Å²) in [6, 6.07) is 9.67. The van der Waals surface area contributed by atoms with Crippen LogP contribution in [0.2, 0.25) is 0 Å². The Morgan fingerprint density at radius 2 is 1.79 bits per heavy atom. The Hall–Kier alpha value is -1.39. The van der Waals surface area contributed by atoms with Crippen LogP contribution in [0.4, 0.5) is 0 Å². The third kappa shape index (κ3) is 5.05. The molecule has 1 aromatic rings. The fourth-order valence-corrected chi connectivity index (χ4v) is 4.07. The van der Waals surface area contributed by atoms with Crippen LogP contribution < -0.4 is 5.32 Å². The SMILES string of the molecule is O=C(CC(O)c1ccccc1)NC1CCN(CC2CCCC2)CC1. The Morgan fingerprint density at radius 3 is 2.46 bits per heavy atom. The van der Waals surface area contributed by atoms with E-state index in [-0.39, 0.29) is 18.4 Å². The number of nitrogens with zero attached hydrogens (tertiary/aromatic N) is 1. The van der Waals surface area contributed by atoms with Gasteiger partial charge in [-0.15, -0.1) is 0 Å². The quantitative estimate of drug-likeness (QED) is 0.843. The van der Waals surface area contributed by atoms with Gasteiger partial charge in [-0.05, 0) is 37.2 Å². The van der Waals surface area contributed by atoms with Crippen LogP contribution in [-0.2, 0) is 4.79 Å². The minimum absolute atomic E-state index is 0.0411. The number of amides is 1. The van der Waals surface area contributed by atoms with Crippen LogP contribution in [0.25, 0.3) is 0 Å². The molecule has 0 bridgehead atoms. The molecule has 1 amide bonds. The lowest BCUT2D eigenvalue weighted by atomic mass is 10.0. The lowest BCUT2D eigenvalue weighted by Crippen LogP contribution is -2.45. The van der Waals surface area contributed by atoms with Gasteiger partial charge < -0.3 is 15.3 Å². The number of likely N-dealkylation sites (tertiary alicyclic amines) is 1. The first-order valence-corrected chi connectivity index (χ1v) is 9.45. The number of piperidine rings is 1. The monoisotopic (exact) mass is 330 g/mol. The third-order valence-electron chi connectivity index (χ3n) is 5.51. The van der Waals surface area contributed by atoms with Gasteiger partial charge in [-0.3, -0.25) is 4.79 Å². The standard InChI is InChI=1S/C20H30N2O2/c23-19(17-8-2-1-3-9-17)14-20(24)21-18-10-12-22(13-11-18)15-16-6-4-5-7-16/h1-3,8-9,16,18-19,23H,4-7,10-15H2,(H,21,24). The van der Waals surface area contributed by atoms with E-state index in [0.717, 1.165) is 37.4 Å². The van der Waals surface area contributed by atoms with E-state index in [1.54, 1.807) is 0 Å². The molecule has 2 fully saturated rings. The molecular formula is C20H30N2O2. The van der Waals surface area contributed by atoms with Gasteiger partial charge in [0.1, 0.15) is 0 Å². The highest BCUT2D eigenvalue weighted by atomic mass is 16.3. The van der Waals surface area contributed by atoms with Crippen LogP contribution >= 0.6 is 0 Å². The van der Waals surface area contributed by atoms with E-state index < -0.39 is 6.10 Å². The first-order chi connectivity index (χ1) is 11.7. The van der Waals surface area contributed by atoms with Gasteiger partial charge in [0.2, 0.25) is 5.91 Å². The summed E-state index contributed by atoms with van der Waals surface area (Å²) in [7, 11) is 0. The molecule has 1 saturated carbocycles. The smallest absolute Gasteiger partial charge is 0.223 e. The van der Waals surface area contributed by atoms with Crippen molar-refractivity contribution in [3.63, 3.8) is 0 Å². The first-order valence-electron chi connectivity index (χ1n) is 9.45. The summed E-state index contributed by atoms with van der Waals surface area (Å²) in [6.45, 7) is 3.42. The van der Waals surface area contributed by atoms with Gasteiger partial charge in [-0.1, -0.05) is 43.2 Å². The molecule has 1 unspecified atom stereocenters. The van der Waals surface area contributed by atoms with E-state index in [4.69, 9.17) is 0 Å². The fraction of sp³-hybridized carbons (Fsp3) is 0.650. The summed E-state index contributed by atoms with van der Waals surface area (Å²) < 4.78 is 0. The van der Waals surface area contributed by atoms with Crippen molar-refractivity contribution in [3.8, 4) is 0 Å². The maximum Gasteiger partial charge on any atom is 0.223 e. The predicted molar refractivity (Wildman–Crippen MR) is 95.6 cm³/mol. The minimum Gasteiger partial charge on any atom is -0.388 e. The summed E-state index contributed by atoms with van der Waals surface area (Å²) in [5.41, 5.74) is 0.805. The van der Waals surface area contributed by atoms with Crippen molar-refractivity contribution < 1.29 is 9.90 Å². The molecule has 132 valence electrons. The number of nitrogens with one attached hydrogen (secondary N) is 1. The van der Waals surface area contributed by atoms with Gasteiger partial charge in [-0.25, -0.2) is 0 Å². The number of carbonyl (C=O) groups excluding carboxylic acids is 1. The van der Waals surface area contributed by atoms with Crippen molar-refractivity contribution >= 4 is 5.91 Å². The van der Waals surface area contributed by atoms with E-state index >= 15 is 0 Å². The Labute approximate surface area is 145 Å². The molecule has 3 rings (SSSR count). The van der Waals surface area contributed by atoms with Gasteiger partial charge in [0, 0.05) is 25.7 Å². The van der Waals surface area contributed by atoms with E-state index in [0.29, 0.717) is 0 Å². The highest BCUT2D eigenvalue weighted by molar-refractivity contribution is 5.77. The molecule has 1 aliphatic heterocycles. The summed E-state index contributed by atoms with van der Waals surface area (Å²) in [4.78, 5) is 14.7. The largest absolute Gasteiger partial charge is 0.388 e. The number of benzene rings is 1. The van der Waals surface area contributed by atoms with Crippen molar-refractivity contribution in [1.82, 2.24) is 10.2 Å². The van der Waals surface area contributed by atoms with Crippen molar-refractivity contribution in [2.24, 2.45) is 5.92 Å². The number of hydrogen-bond acceptors (Lipinski definition) is 3. The number of hydrogen-bond donors (Lipinski definition) is 2. The van der Waals surface area contributed by atoms with Crippen LogP contribution in [0.5, 0.6) is 0 Å². The van der Waals surface area contributed by atoms with E-state index in [1.165, 1.54) is 32.2 Å². The molecule has 1 atom stereocenters. The van der Waals surface area contributed by atoms with Gasteiger partial charge >= 0.3 is 0 Å². The van der Waals surface area contributed by atoms with Crippen LogP contribution in [0.1, 0.15) is 56.6 Å². The number of aliphatic hydroxyl groups is 1. The average molecular weight is 330 g/mol. The Balaban J connectivity index is 1.37. The molecule has 1 heterocycles. The second kappa shape index (κ2) is 8.63. The zero-order valence-corrected chi connectivity index (χ0v) is 14.5. The van der Waals surface area contributed by atoms with Crippen LogP contribution in [-0.4, -0.2) is 41.6 Å². The number of rotatable bonds is 6. The average Bonchev–Trinajstić information content (AvgIpc) is 3.10. The van der Waals surface area contributed by atoms with Crippen molar-refractivity contribution in [1.29, 1.82) is 0 Å². The molecule has 24 heavy (non-hydrogen) atoms. The second-order valence-electron chi connectivity index (χ2n) is 7.42. The summed E-state index contributed by atoms with van der Waals surface area (Å²) in [5, 5.41) is 13.3. The minimum atomic E-state index is -0.714. The van der Waals surface area contributed by atoms with Crippen LogP contribution in [0.3, 0.4) is 0 Å². The summed E-state index contributed by atoms with van der Waals surface area (Å²) >= 11 is 0. The molecule has 1 saturated heterocycles. The van der Waals surface area contributed by atoms with Gasteiger partial charge in [0.25, 0.3) is 0 Å². The highest BCUT2D eigenvalue weighted by Crippen LogP contribution is 2.26. The Morgan fingerprint density at radius 1 is 1.12 bits per heavy atom. The molecule has 2 N–H and O–H groups in total. The highest BCUT2D eigenvalue weighted by Gasteiger charge is 2.24. The molecule has 0 aromatic heterocycles. The van der Waals surface area contributed by atoms with Crippen LogP contribution in [0.15, 0.2) is 30.3 Å². The molecule has 4 heteroatoms. The second-order valence-corrected chi connectivity index (χ2v) is 7.42. The van der Waals surface area contributed by atoms with Crippen molar-refractivity contribution in [2.75, 3.05) is 19.6 Å². The third-order valence-corrected chi connectivity index (χ3v) is 5.51. The van der Waals surface area contributed by atoms with Crippen LogP contribution in [0, 0.1) is 5.92 Å². The molecule has 1 aliphatic carbocycles. The Bertz CT molecular complexity index is 506. The number of carbonyl (C=O) groups is 1. The lowest BCUT2D eigenvalue weighted by Gasteiger charge is -2.34. The zero-order valence-electron chi connectivity index (χ0n) is 14.5. The van der Waals surface area contributed by atoms with Gasteiger partial charge in [0.05, 0.1) is 12.5 Å². The van der Waals surface area contributed by atoms with Crippen molar-refractivity contribution in [2.45, 2.75) is 57.1 Å². The molecular weight excluding hydrogens is 300 g/mol. The van der Waals surface area contributed by atoms with E-state index in [1.807, 2.05) is 30.3 Å². The Kier molecular flexibility index (Phi) is 6.27. The fourth-order valence-electron chi connectivity index (χ4n) is 4.07. The molecule has 2 aliphatic rings. The van der Waals surface area contributed by atoms with E-state index in [9.17, 15) is 9.90 Å². The molecule has 4 nitrogen and oxygen atoms in total. The summed E-state index contributed by atoms with van der Waals surface area (Å²) in [6.07, 6.45) is 7.09. The number of aliphatic hydroxyl groups excluding tert-OH is 1. The lowest BCUT2D eigenvalue weighted by molar-refractivity contribution is -0.124. The molecule has 0 spiro atoms. The predicted octanol–water partition coefficient (Wildman–Crippen LogP) is 2.88. The van der Waals surface area contributed by atoms with Gasteiger partial charge in [-0.2, -0.15) is 0 Å². The van der Waals surface area contributed by atoms with Gasteiger partial charge in [0.15, 0.2) is 0 Å². The maximum atomic E-state index is 12.2. The normalized spacial score (nSPS) is 21.7. The molecule has 1 aromatic carbocycles.